The van der Waals surface area contributed by atoms with Crippen LogP contribution in [0.25, 0.3) is 0 Å². The first-order valence-electron chi connectivity index (χ1n) is 4.43. The van der Waals surface area contributed by atoms with E-state index in [1.165, 1.54) is 0 Å². The van der Waals surface area contributed by atoms with Crippen molar-refractivity contribution in [3.8, 4) is 0 Å². The number of rotatable bonds is 5. The molecule has 3 nitrogen and oxygen atoms in total. The number of hydrogen-bond acceptors (Lipinski definition) is 2. The van der Waals surface area contributed by atoms with E-state index in [1.54, 1.807) is 6.08 Å². The van der Waals surface area contributed by atoms with Gasteiger partial charge in [-0.15, -0.1) is 6.58 Å². The summed E-state index contributed by atoms with van der Waals surface area (Å²) in [4.78, 5) is 12.7. The molecule has 0 spiro atoms. The van der Waals surface area contributed by atoms with E-state index in [1.807, 2.05) is 35.2 Å². The third-order valence-electron chi connectivity index (χ3n) is 1.82. The van der Waals surface area contributed by atoms with Crippen LogP contribution >= 0.6 is 0 Å². The lowest BCUT2D eigenvalue weighted by Gasteiger charge is -2.21. The third-order valence-corrected chi connectivity index (χ3v) is 1.82. The van der Waals surface area contributed by atoms with Gasteiger partial charge in [0.1, 0.15) is 0 Å². The van der Waals surface area contributed by atoms with Gasteiger partial charge < -0.3 is 10.6 Å². The van der Waals surface area contributed by atoms with Crippen LogP contribution in [0.1, 0.15) is 0 Å². The lowest BCUT2D eigenvalue weighted by molar-refractivity contribution is -0.116. The Morgan fingerprint density at radius 3 is 2.57 bits per heavy atom. The SMILES string of the molecule is C=CCN(CC(N)=O)c1ccccc1. The number of benzene rings is 1. The minimum atomic E-state index is -0.337. The molecule has 1 aromatic carbocycles. The highest BCUT2D eigenvalue weighted by molar-refractivity contribution is 5.79. The Morgan fingerprint density at radius 1 is 1.43 bits per heavy atom. The first kappa shape index (κ1) is 10.3. The Bertz CT molecular complexity index is 308. The van der Waals surface area contributed by atoms with Gasteiger partial charge in [0.05, 0.1) is 6.54 Å². The maximum absolute atomic E-state index is 10.8. The molecule has 0 radical (unpaired) electrons. The monoisotopic (exact) mass is 190 g/mol. The molecule has 0 aliphatic rings. The highest BCUT2D eigenvalue weighted by Crippen LogP contribution is 2.11. The summed E-state index contributed by atoms with van der Waals surface area (Å²) in [5.74, 6) is -0.337. The van der Waals surface area contributed by atoms with Crippen molar-refractivity contribution in [2.45, 2.75) is 0 Å². The summed E-state index contributed by atoms with van der Waals surface area (Å²) in [6.07, 6.45) is 1.75. The summed E-state index contributed by atoms with van der Waals surface area (Å²) < 4.78 is 0. The van der Waals surface area contributed by atoms with Crippen LogP contribution in [-0.2, 0) is 4.79 Å². The van der Waals surface area contributed by atoms with Gasteiger partial charge in [-0.25, -0.2) is 0 Å². The van der Waals surface area contributed by atoms with Gasteiger partial charge in [-0.05, 0) is 12.1 Å². The second kappa shape index (κ2) is 5.07. The normalized spacial score (nSPS) is 9.43. The molecule has 0 saturated carbocycles. The molecular formula is C11H14N2O. The van der Waals surface area contributed by atoms with Crippen molar-refractivity contribution in [2.24, 2.45) is 5.73 Å². The first-order valence-corrected chi connectivity index (χ1v) is 4.43. The van der Waals surface area contributed by atoms with Crippen LogP contribution in [0.2, 0.25) is 0 Å². The van der Waals surface area contributed by atoms with Gasteiger partial charge in [-0.3, -0.25) is 4.79 Å². The quantitative estimate of drug-likeness (QED) is 0.708. The Morgan fingerprint density at radius 2 is 2.07 bits per heavy atom. The average molecular weight is 190 g/mol. The van der Waals surface area contributed by atoms with Gasteiger partial charge in [-0.2, -0.15) is 0 Å². The van der Waals surface area contributed by atoms with Crippen molar-refractivity contribution >= 4 is 11.6 Å². The molecule has 0 atom stereocenters. The molecule has 0 aliphatic carbocycles. The van der Waals surface area contributed by atoms with Crippen LogP contribution in [-0.4, -0.2) is 19.0 Å². The number of amides is 1. The predicted octanol–water partition coefficient (Wildman–Crippen LogP) is 1.16. The van der Waals surface area contributed by atoms with Crippen molar-refractivity contribution < 1.29 is 4.79 Å². The second-order valence-corrected chi connectivity index (χ2v) is 2.97. The molecule has 0 aromatic heterocycles. The second-order valence-electron chi connectivity index (χ2n) is 2.97. The van der Waals surface area contributed by atoms with E-state index in [-0.39, 0.29) is 12.5 Å². The molecule has 14 heavy (non-hydrogen) atoms. The van der Waals surface area contributed by atoms with Crippen LogP contribution in [0.4, 0.5) is 5.69 Å². The van der Waals surface area contributed by atoms with Crippen LogP contribution in [0.3, 0.4) is 0 Å². The van der Waals surface area contributed by atoms with Gasteiger partial charge in [0.2, 0.25) is 5.91 Å². The first-order chi connectivity index (χ1) is 6.74. The summed E-state index contributed by atoms with van der Waals surface area (Å²) in [7, 11) is 0. The van der Waals surface area contributed by atoms with E-state index in [9.17, 15) is 4.79 Å². The number of para-hydroxylation sites is 1. The van der Waals surface area contributed by atoms with Crippen LogP contribution in [0.15, 0.2) is 43.0 Å². The topological polar surface area (TPSA) is 46.3 Å². The smallest absolute Gasteiger partial charge is 0.236 e. The molecule has 0 aliphatic heterocycles. The summed E-state index contributed by atoms with van der Waals surface area (Å²) >= 11 is 0. The van der Waals surface area contributed by atoms with E-state index in [2.05, 4.69) is 6.58 Å². The minimum absolute atomic E-state index is 0.218. The Balaban J connectivity index is 2.77. The molecule has 0 fully saturated rings. The number of carbonyl (C=O) groups is 1. The fraction of sp³-hybridized carbons (Fsp3) is 0.182. The summed E-state index contributed by atoms with van der Waals surface area (Å²) in [5, 5.41) is 0. The van der Waals surface area contributed by atoms with Crippen molar-refractivity contribution in [3.63, 3.8) is 0 Å². The minimum Gasteiger partial charge on any atom is -0.368 e. The molecule has 1 amide bonds. The van der Waals surface area contributed by atoms with Crippen molar-refractivity contribution in [2.75, 3.05) is 18.0 Å². The Labute approximate surface area is 83.8 Å². The lowest BCUT2D eigenvalue weighted by Crippen LogP contribution is -2.33. The number of hydrogen-bond donors (Lipinski definition) is 1. The molecule has 1 rings (SSSR count). The zero-order chi connectivity index (χ0) is 10.4. The average Bonchev–Trinajstić information content (AvgIpc) is 2.18. The zero-order valence-electron chi connectivity index (χ0n) is 8.02. The Hall–Kier alpha value is -1.77. The zero-order valence-corrected chi connectivity index (χ0v) is 8.02. The molecule has 74 valence electrons. The molecule has 0 saturated heterocycles. The van der Waals surface area contributed by atoms with E-state index in [0.29, 0.717) is 6.54 Å². The van der Waals surface area contributed by atoms with Crippen LogP contribution in [0, 0.1) is 0 Å². The highest BCUT2D eigenvalue weighted by atomic mass is 16.1. The number of primary amides is 1. The van der Waals surface area contributed by atoms with Gasteiger partial charge >= 0.3 is 0 Å². The van der Waals surface area contributed by atoms with Gasteiger partial charge in [0.25, 0.3) is 0 Å². The summed E-state index contributed by atoms with van der Waals surface area (Å²) in [5.41, 5.74) is 6.12. The lowest BCUT2D eigenvalue weighted by atomic mass is 10.3. The number of nitrogens with two attached hydrogens (primary N) is 1. The number of carbonyl (C=O) groups excluding carboxylic acids is 1. The molecule has 0 bridgehead atoms. The van der Waals surface area contributed by atoms with E-state index in [4.69, 9.17) is 5.73 Å². The van der Waals surface area contributed by atoms with Gasteiger partial charge in [0, 0.05) is 12.2 Å². The predicted molar refractivity (Wildman–Crippen MR) is 58.0 cm³/mol. The molecule has 1 aromatic rings. The fourth-order valence-electron chi connectivity index (χ4n) is 1.24. The van der Waals surface area contributed by atoms with Crippen LogP contribution < -0.4 is 10.6 Å². The van der Waals surface area contributed by atoms with E-state index >= 15 is 0 Å². The van der Waals surface area contributed by atoms with Crippen LogP contribution in [0.5, 0.6) is 0 Å². The standard InChI is InChI=1S/C11H14N2O/c1-2-8-13(9-11(12)14)10-6-4-3-5-7-10/h2-7H,1,8-9H2,(H2,12,14). The summed E-state index contributed by atoms with van der Waals surface area (Å²) in [6, 6.07) is 9.65. The van der Waals surface area contributed by atoms with E-state index < -0.39 is 0 Å². The fourth-order valence-corrected chi connectivity index (χ4v) is 1.24. The van der Waals surface area contributed by atoms with Crippen molar-refractivity contribution in [1.82, 2.24) is 0 Å². The highest BCUT2D eigenvalue weighted by Gasteiger charge is 2.06. The van der Waals surface area contributed by atoms with Gasteiger partial charge in [0.15, 0.2) is 0 Å². The van der Waals surface area contributed by atoms with Crippen molar-refractivity contribution in [3.05, 3.63) is 43.0 Å². The number of anilines is 1. The molecule has 3 heteroatoms. The van der Waals surface area contributed by atoms with Gasteiger partial charge in [-0.1, -0.05) is 24.3 Å². The maximum atomic E-state index is 10.8. The third kappa shape index (κ3) is 2.94. The molecule has 2 N–H and O–H groups in total. The maximum Gasteiger partial charge on any atom is 0.236 e. The molecular weight excluding hydrogens is 176 g/mol. The largest absolute Gasteiger partial charge is 0.368 e. The van der Waals surface area contributed by atoms with Crippen molar-refractivity contribution in [1.29, 1.82) is 0 Å². The molecule has 0 unspecified atom stereocenters. The summed E-state index contributed by atoms with van der Waals surface area (Å²) in [6.45, 7) is 4.48. The Kier molecular flexibility index (Phi) is 3.73. The van der Waals surface area contributed by atoms with E-state index in [0.717, 1.165) is 5.69 Å². The number of nitrogens with zero attached hydrogens (tertiary/aromatic N) is 1. The molecule has 0 heterocycles.